The van der Waals surface area contributed by atoms with E-state index in [2.05, 4.69) is 10.0 Å². The number of carbonyl (C=O) groups is 1. The molecule has 0 aliphatic carbocycles. The van der Waals surface area contributed by atoms with E-state index >= 15 is 0 Å². The van der Waals surface area contributed by atoms with E-state index in [0.29, 0.717) is 41.7 Å². The summed E-state index contributed by atoms with van der Waals surface area (Å²) in [4.78, 5) is 12.7. The minimum atomic E-state index is -3.79. The Morgan fingerprint density at radius 2 is 1.38 bits per heavy atom. The van der Waals surface area contributed by atoms with Crippen LogP contribution in [-0.2, 0) is 14.8 Å². The van der Waals surface area contributed by atoms with Gasteiger partial charge in [-0.3, -0.25) is 9.52 Å². The molecule has 8 nitrogen and oxygen atoms in total. The summed E-state index contributed by atoms with van der Waals surface area (Å²) in [5.74, 6) is 1.56. The molecule has 0 aromatic heterocycles. The number of ether oxygens (including phenoxy) is 3. The molecule has 3 rings (SSSR count). The largest absolute Gasteiger partial charge is 0.497 e. The van der Waals surface area contributed by atoms with Crippen LogP contribution in [0.3, 0.4) is 0 Å². The van der Waals surface area contributed by atoms with E-state index in [4.69, 9.17) is 14.2 Å². The number of amides is 1. The smallest absolute Gasteiger partial charge is 0.265 e. The standard InChI is InChI=1S/C25H28N2O6S/c1-4-24(33-22-14-12-20(31-3)13-15-22)25(28)26-18-8-16-23(17-9-18)34(29,30)27-19-6-10-21(11-7-19)32-5-2/h6-17,24,27H,4-5H2,1-3H3,(H,26,28)/t24-/m1/s1. The van der Waals surface area contributed by atoms with Crippen molar-refractivity contribution < 1.29 is 27.4 Å². The molecular weight excluding hydrogens is 456 g/mol. The highest BCUT2D eigenvalue weighted by Crippen LogP contribution is 2.22. The minimum absolute atomic E-state index is 0.0703. The normalized spacial score (nSPS) is 11.9. The Labute approximate surface area is 199 Å². The topological polar surface area (TPSA) is 103 Å². The third kappa shape index (κ3) is 6.64. The second-order valence-corrected chi connectivity index (χ2v) is 8.95. The molecule has 9 heteroatoms. The monoisotopic (exact) mass is 484 g/mol. The van der Waals surface area contributed by atoms with Crippen molar-refractivity contribution in [1.82, 2.24) is 0 Å². The van der Waals surface area contributed by atoms with Gasteiger partial charge in [-0.05, 0) is 86.1 Å². The van der Waals surface area contributed by atoms with Crippen LogP contribution in [0.5, 0.6) is 17.2 Å². The minimum Gasteiger partial charge on any atom is -0.497 e. The first-order chi connectivity index (χ1) is 16.3. The zero-order valence-electron chi connectivity index (χ0n) is 19.3. The Bertz CT molecular complexity index is 1180. The predicted molar refractivity (Wildman–Crippen MR) is 131 cm³/mol. The molecule has 0 saturated carbocycles. The van der Waals surface area contributed by atoms with Crippen LogP contribution in [0.2, 0.25) is 0 Å². The first kappa shape index (κ1) is 24.9. The van der Waals surface area contributed by atoms with Gasteiger partial charge in [-0.1, -0.05) is 6.92 Å². The fourth-order valence-corrected chi connectivity index (χ4v) is 4.14. The Morgan fingerprint density at radius 1 is 0.824 bits per heavy atom. The summed E-state index contributed by atoms with van der Waals surface area (Å²) >= 11 is 0. The molecule has 0 unspecified atom stereocenters. The number of carbonyl (C=O) groups excluding carboxylic acids is 1. The highest BCUT2D eigenvalue weighted by Gasteiger charge is 2.19. The number of hydrogen-bond acceptors (Lipinski definition) is 6. The molecule has 1 amide bonds. The maximum atomic E-state index is 12.7. The summed E-state index contributed by atoms with van der Waals surface area (Å²) in [5, 5.41) is 2.76. The zero-order chi connectivity index (χ0) is 24.6. The van der Waals surface area contributed by atoms with Gasteiger partial charge in [0.1, 0.15) is 17.2 Å². The predicted octanol–water partition coefficient (Wildman–Crippen LogP) is 4.69. The molecule has 0 aliphatic heterocycles. The summed E-state index contributed by atoms with van der Waals surface area (Å²) in [7, 11) is -2.22. The van der Waals surface area contributed by atoms with E-state index in [1.165, 1.54) is 24.3 Å². The molecule has 0 bridgehead atoms. The summed E-state index contributed by atoms with van der Waals surface area (Å²) < 4.78 is 44.2. The fraction of sp³-hybridized carbons (Fsp3) is 0.240. The van der Waals surface area contributed by atoms with Crippen LogP contribution in [0.15, 0.2) is 77.7 Å². The number of rotatable bonds is 11. The average Bonchev–Trinajstić information content (AvgIpc) is 2.84. The first-order valence-corrected chi connectivity index (χ1v) is 12.3. The lowest BCUT2D eigenvalue weighted by molar-refractivity contribution is -0.122. The summed E-state index contributed by atoms with van der Waals surface area (Å²) in [6.45, 7) is 4.25. The number of sulfonamides is 1. The summed E-state index contributed by atoms with van der Waals surface area (Å²) in [5.41, 5.74) is 0.879. The van der Waals surface area contributed by atoms with Crippen molar-refractivity contribution in [3.05, 3.63) is 72.8 Å². The van der Waals surface area contributed by atoms with E-state index in [1.54, 1.807) is 55.6 Å². The fourth-order valence-electron chi connectivity index (χ4n) is 3.08. The van der Waals surface area contributed by atoms with Crippen molar-refractivity contribution in [2.45, 2.75) is 31.3 Å². The average molecular weight is 485 g/mol. The molecule has 0 heterocycles. The molecule has 3 aromatic rings. The van der Waals surface area contributed by atoms with Gasteiger partial charge in [-0.15, -0.1) is 0 Å². The van der Waals surface area contributed by atoms with E-state index in [1.807, 2.05) is 13.8 Å². The number of benzene rings is 3. The quantitative estimate of drug-likeness (QED) is 0.409. The zero-order valence-corrected chi connectivity index (χ0v) is 20.1. The molecular formula is C25H28N2O6S. The van der Waals surface area contributed by atoms with Crippen LogP contribution in [0.4, 0.5) is 11.4 Å². The molecule has 0 radical (unpaired) electrons. The molecule has 2 N–H and O–H groups in total. The van der Waals surface area contributed by atoms with Gasteiger partial charge in [0.15, 0.2) is 6.10 Å². The molecule has 0 spiro atoms. The van der Waals surface area contributed by atoms with Gasteiger partial charge < -0.3 is 19.5 Å². The van der Waals surface area contributed by atoms with Crippen LogP contribution in [0, 0.1) is 0 Å². The van der Waals surface area contributed by atoms with Crippen molar-refractivity contribution in [3.63, 3.8) is 0 Å². The molecule has 180 valence electrons. The lowest BCUT2D eigenvalue weighted by atomic mass is 10.2. The Kier molecular flexibility index (Phi) is 8.37. The highest BCUT2D eigenvalue weighted by atomic mass is 32.2. The lowest BCUT2D eigenvalue weighted by Gasteiger charge is -2.17. The van der Waals surface area contributed by atoms with Gasteiger partial charge in [0.25, 0.3) is 15.9 Å². The van der Waals surface area contributed by atoms with Gasteiger partial charge >= 0.3 is 0 Å². The van der Waals surface area contributed by atoms with E-state index in [0.717, 1.165) is 0 Å². The maximum Gasteiger partial charge on any atom is 0.265 e. The molecule has 34 heavy (non-hydrogen) atoms. The number of anilines is 2. The van der Waals surface area contributed by atoms with Crippen LogP contribution in [-0.4, -0.2) is 34.1 Å². The SMILES string of the molecule is CCOc1ccc(NS(=O)(=O)c2ccc(NC(=O)[C@@H](CC)Oc3ccc(OC)cc3)cc2)cc1. The molecule has 0 aliphatic rings. The Balaban J connectivity index is 1.62. The van der Waals surface area contributed by atoms with E-state index < -0.39 is 16.1 Å². The van der Waals surface area contributed by atoms with Crippen LogP contribution < -0.4 is 24.2 Å². The molecule has 1 atom stereocenters. The van der Waals surface area contributed by atoms with Crippen LogP contribution in [0.1, 0.15) is 20.3 Å². The van der Waals surface area contributed by atoms with Gasteiger partial charge in [-0.25, -0.2) is 8.42 Å². The Morgan fingerprint density at radius 3 is 1.94 bits per heavy atom. The molecule has 0 saturated heterocycles. The van der Waals surface area contributed by atoms with Gasteiger partial charge in [0.05, 0.1) is 18.6 Å². The third-order valence-corrected chi connectivity index (χ3v) is 6.25. The summed E-state index contributed by atoms with van der Waals surface area (Å²) in [6, 6.07) is 19.5. The van der Waals surface area contributed by atoms with E-state index in [9.17, 15) is 13.2 Å². The first-order valence-electron chi connectivity index (χ1n) is 10.8. The van der Waals surface area contributed by atoms with Gasteiger partial charge in [0, 0.05) is 11.4 Å². The maximum absolute atomic E-state index is 12.7. The number of nitrogens with one attached hydrogen (secondary N) is 2. The molecule has 3 aromatic carbocycles. The second-order valence-electron chi connectivity index (χ2n) is 7.27. The van der Waals surface area contributed by atoms with E-state index in [-0.39, 0.29) is 10.8 Å². The van der Waals surface area contributed by atoms with Crippen molar-refractivity contribution in [1.29, 1.82) is 0 Å². The van der Waals surface area contributed by atoms with Crippen molar-refractivity contribution >= 4 is 27.3 Å². The highest BCUT2D eigenvalue weighted by molar-refractivity contribution is 7.92. The Hall–Kier alpha value is -3.72. The molecule has 0 fully saturated rings. The van der Waals surface area contributed by atoms with Crippen molar-refractivity contribution in [3.8, 4) is 17.2 Å². The summed E-state index contributed by atoms with van der Waals surface area (Å²) in [6.07, 6.45) is -0.255. The lowest BCUT2D eigenvalue weighted by Crippen LogP contribution is -2.32. The van der Waals surface area contributed by atoms with Crippen molar-refractivity contribution in [2.24, 2.45) is 0 Å². The third-order valence-electron chi connectivity index (χ3n) is 4.85. The number of hydrogen-bond donors (Lipinski definition) is 2. The van der Waals surface area contributed by atoms with Crippen LogP contribution >= 0.6 is 0 Å². The number of methoxy groups -OCH3 is 1. The van der Waals surface area contributed by atoms with Crippen LogP contribution in [0.25, 0.3) is 0 Å². The van der Waals surface area contributed by atoms with Crippen molar-refractivity contribution in [2.75, 3.05) is 23.8 Å². The van der Waals surface area contributed by atoms with Gasteiger partial charge in [-0.2, -0.15) is 0 Å². The second kappa shape index (κ2) is 11.4. The van der Waals surface area contributed by atoms with Gasteiger partial charge in [0.2, 0.25) is 0 Å².